The Hall–Kier alpha value is -2.98. The Labute approximate surface area is 145 Å². The molecule has 1 saturated heterocycles. The Morgan fingerprint density at radius 2 is 2.12 bits per heavy atom. The van der Waals surface area contributed by atoms with Crippen LogP contribution in [0.15, 0.2) is 36.4 Å². The molecule has 0 saturated carbocycles. The minimum Gasteiger partial charge on any atom is -0.354 e. The van der Waals surface area contributed by atoms with Gasteiger partial charge >= 0.3 is 0 Å². The van der Waals surface area contributed by atoms with Crippen molar-refractivity contribution in [2.24, 2.45) is 5.92 Å². The van der Waals surface area contributed by atoms with Crippen LogP contribution >= 0.6 is 0 Å². The summed E-state index contributed by atoms with van der Waals surface area (Å²) >= 11 is 0. The van der Waals surface area contributed by atoms with Gasteiger partial charge in [-0.25, -0.2) is 0 Å². The van der Waals surface area contributed by atoms with Gasteiger partial charge in [0.1, 0.15) is 5.82 Å². The number of nitrogens with one attached hydrogen (secondary N) is 1. The number of rotatable bonds is 5. The van der Waals surface area contributed by atoms with Gasteiger partial charge in [0.25, 0.3) is 0 Å². The number of fused-ring (bicyclic) bond motifs is 1. The van der Waals surface area contributed by atoms with Gasteiger partial charge in [-0.3, -0.25) is 0 Å². The van der Waals surface area contributed by atoms with Crippen LogP contribution in [0.5, 0.6) is 0 Å². The van der Waals surface area contributed by atoms with E-state index in [-0.39, 0.29) is 0 Å². The van der Waals surface area contributed by atoms with E-state index in [9.17, 15) is 0 Å². The summed E-state index contributed by atoms with van der Waals surface area (Å²) in [7, 11) is 0. The van der Waals surface area contributed by atoms with E-state index in [1.807, 2.05) is 43.3 Å². The number of nitrogens with zero attached hydrogens (tertiary/aromatic N) is 6. The number of aryl methyl sites for hydroxylation is 1. The summed E-state index contributed by atoms with van der Waals surface area (Å²) in [5.41, 5.74) is 2.63. The van der Waals surface area contributed by atoms with Gasteiger partial charge in [-0.1, -0.05) is 12.1 Å². The molecule has 0 unspecified atom stereocenters. The van der Waals surface area contributed by atoms with Gasteiger partial charge in [0.2, 0.25) is 0 Å². The number of nitriles is 1. The van der Waals surface area contributed by atoms with Crippen LogP contribution in [0.4, 0.5) is 5.82 Å². The Bertz CT molecular complexity index is 934. The van der Waals surface area contributed by atoms with Crippen molar-refractivity contribution in [3.63, 3.8) is 0 Å². The largest absolute Gasteiger partial charge is 0.354 e. The molecule has 1 aromatic carbocycles. The van der Waals surface area contributed by atoms with E-state index < -0.39 is 0 Å². The van der Waals surface area contributed by atoms with Crippen molar-refractivity contribution in [2.75, 3.05) is 24.5 Å². The van der Waals surface area contributed by atoms with Crippen LogP contribution in [0.25, 0.3) is 5.65 Å². The van der Waals surface area contributed by atoms with E-state index in [1.165, 1.54) is 0 Å². The molecule has 0 spiro atoms. The van der Waals surface area contributed by atoms with Crippen molar-refractivity contribution in [1.29, 1.82) is 5.26 Å². The summed E-state index contributed by atoms with van der Waals surface area (Å²) in [6.07, 6.45) is 0. The quantitative estimate of drug-likeness (QED) is 0.762. The summed E-state index contributed by atoms with van der Waals surface area (Å²) in [6.45, 7) is 5.63. The normalized spacial score (nSPS) is 14.5. The SMILES string of the molecule is Cc1nnc2ccc(N3CC(CNCc4cccc(C#N)c4)C3)nn12. The molecule has 0 amide bonds. The number of aromatic nitrogens is 4. The van der Waals surface area contributed by atoms with E-state index in [1.54, 1.807) is 4.52 Å². The van der Waals surface area contributed by atoms with Gasteiger partial charge in [0.05, 0.1) is 11.6 Å². The zero-order chi connectivity index (χ0) is 17.2. The molecule has 7 heteroatoms. The minimum atomic E-state index is 0.610. The maximum Gasteiger partial charge on any atom is 0.178 e. The molecule has 3 heterocycles. The Kier molecular flexibility index (Phi) is 4.04. The number of hydrogen-bond donors (Lipinski definition) is 1. The van der Waals surface area contributed by atoms with Gasteiger partial charge in [-0.2, -0.15) is 9.78 Å². The molecule has 0 atom stereocenters. The van der Waals surface area contributed by atoms with Gasteiger partial charge < -0.3 is 10.2 Å². The average molecular weight is 333 g/mol. The van der Waals surface area contributed by atoms with E-state index in [4.69, 9.17) is 5.26 Å². The lowest BCUT2D eigenvalue weighted by molar-refractivity contribution is 0.381. The average Bonchev–Trinajstić information content (AvgIpc) is 2.97. The summed E-state index contributed by atoms with van der Waals surface area (Å²) in [5.74, 6) is 2.38. The maximum absolute atomic E-state index is 8.94. The highest BCUT2D eigenvalue weighted by atomic mass is 15.4. The molecule has 4 rings (SSSR count). The summed E-state index contributed by atoms with van der Waals surface area (Å²) in [6, 6.07) is 13.9. The minimum absolute atomic E-state index is 0.610. The molecular formula is C18H19N7. The van der Waals surface area contributed by atoms with E-state index in [0.717, 1.165) is 49.0 Å². The molecule has 126 valence electrons. The standard InChI is InChI=1S/C18H19N7/c1-13-21-22-17-5-6-18(23-25(13)17)24-11-16(12-24)10-20-9-15-4-2-3-14(7-15)8-19/h2-7,16,20H,9-12H2,1H3. The highest BCUT2D eigenvalue weighted by Crippen LogP contribution is 2.22. The second-order valence-corrected chi connectivity index (χ2v) is 6.42. The van der Waals surface area contributed by atoms with Crippen molar-refractivity contribution in [3.05, 3.63) is 53.3 Å². The van der Waals surface area contributed by atoms with Crippen molar-refractivity contribution >= 4 is 11.5 Å². The van der Waals surface area contributed by atoms with Crippen molar-refractivity contribution < 1.29 is 0 Å². The molecule has 0 radical (unpaired) electrons. The molecule has 0 bridgehead atoms. The topological polar surface area (TPSA) is 82.1 Å². The Morgan fingerprint density at radius 1 is 1.24 bits per heavy atom. The lowest BCUT2D eigenvalue weighted by Crippen LogP contribution is -2.51. The first-order valence-electron chi connectivity index (χ1n) is 8.37. The van der Waals surface area contributed by atoms with E-state index >= 15 is 0 Å². The van der Waals surface area contributed by atoms with Crippen molar-refractivity contribution in [1.82, 2.24) is 25.1 Å². The number of anilines is 1. The fourth-order valence-electron chi connectivity index (χ4n) is 3.11. The molecule has 1 aliphatic heterocycles. The summed E-state index contributed by atoms with van der Waals surface area (Å²) in [4.78, 5) is 2.27. The monoisotopic (exact) mass is 333 g/mol. The predicted octanol–water partition coefficient (Wildman–Crippen LogP) is 1.53. The van der Waals surface area contributed by atoms with Gasteiger partial charge in [-0.15, -0.1) is 15.3 Å². The smallest absolute Gasteiger partial charge is 0.178 e. The lowest BCUT2D eigenvalue weighted by atomic mass is 10.00. The Morgan fingerprint density at radius 3 is 2.96 bits per heavy atom. The second kappa shape index (κ2) is 6.49. The summed E-state index contributed by atoms with van der Waals surface area (Å²) < 4.78 is 1.78. The molecule has 0 aliphatic carbocycles. The number of hydrogen-bond acceptors (Lipinski definition) is 6. The zero-order valence-electron chi connectivity index (χ0n) is 14.1. The van der Waals surface area contributed by atoms with Crippen molar-refractivity contribution in [2.45, 2.75) is 13.5 Å². The molecule has 3 aromatic rings. The molecule has 25 heavy (non-hydrogen) atoms. The van der Waals surface area contributed by atoms with Crippen molar-refractivity contribution in [3.8, 4) is 6.07 Å². The highest BCUT2D eigenvalue weighted by molar-refractivity contribution is 5.47. The maximum atomic E-state index is 8.94. The van der Waals surface area contributed by atoms with Crippen LogP contribution in [0.3, 0.4) is 0 Å². The van der Waals surface area contributed by atoms with Gasteiger partial charge in [-0.05, 0) is 36.8 Å². The summed E-state index contributed by atoms with van der Waals surface area (Å²) in [5, 5.41) is 25.1. The molecule has 1 N–H and O–H groups in total. The van der Waals surface area contributed by atoms with E-state index in [0.29, 0.717) is 11.5 Å². The lowest BCUT2D eigenvalue weighted by Gasteiger charge is -2.40. The first-order valence-corrected chi connectivity index (χ1v) is 8.37. The first kappa shape index (κ1) is 15.5. The zero-order valence-corrected chi connectivity index (χ0v) is 14.1. The third-order valence-electron chi connectivity index (χ3n) is 4.50. The van der Waals surface area contributed by atoms with E-state index in [2.05, 4.69) is 31.6 Å². The molecular weight excluding hydrogens is 314 g/mol. The predicted molar refractivity (Wildman–Crippen MR) is 94.1 cm³/mol. The fourth-order valence-corrected chi connectivity index (χ4v) is 3.11. The van der Waals surface area contributed by atoms with Crippen LogP contribution in [-0.4, -0.2) is 39.4 Å². The van der Waals surface area contributed by atoms with Crippen LogP contribution in [0, 0.1) is 24.2 Å². The van der Waals surface area contributed by atoms with Crippen LogP contribution in [-0.2, 0) is 6.54 Å². The fraction of sp³-hybridized carbons (Fsp3) is 0.333. The van der Waals surface area contributed by atoms with Gasteiger partial charge in [0, 0.05) is 32.1 Å². The van der Waals surface area contributed by atoms with Crippen LogP contribution < -0.4 is 10.2 Å². The third kappa shape index (κ3) is 3.16. The van der Waals surface area contributed by atoms with Gasteiger partial charge in [0.15, 0.2) is 11.5 Å². The number of benzene rings is 1. The van der Waals surface area contributed by atoms with Crippen LogP contribution in [0.1, 0.15) is 17.0 Å². The molecule has 1 fully saturated rings. The first-order chi connectivity index (χ1) is 12.2. The van der Waals surface area contributed by atoms with Crippen LogP contribution in [0.2, 0.25) is 0 Å². The molecule has 2 aromatic heterocycles. The second-order valence-electron chi connectivity index (χ2n) is 6.42. The third-order valence-corrected chi connectivity index (χ3v) is 4.50. The highest BCUT2D eigenvalue weighted by Gasteiger charge is 2.27. The molecule has 7 nitrogen and oxygen atoms in total. The molecule has 1 aliphatic rings. The Balaban J connectivity index is 1.28.